The summed E-state index contributed by atoms with van der Waals surface area (Å²) in [6.45, 7) is 4.21. The van der Waals surface area contributed by atoms with Crippen LogP contribution in [0.15, 0.2) is 36.5 Å². The van der Waals surface area contributed by atoms with Crippen molar-refractivity contribution in [3.8, 4) is 0 Å². The van der Waals surface area contributed by atoms with Gasteiger partial charge >= 0.3 is 0 Å². The van der Waals surface area contributed by atoms with Crippen LogP contribution in [-0.4, -0.2) is 34.9 Å². The highest BCUT2D eigenvalue weighted by Crippen LogP contribution is 2.15. The van der Waals surface area contributed by atoms with Crippen molar-refractivity contribution in [1.82, 2.24) is 5.32 Å². The predicted molar refractivity (Wildman–Crippen MR) is 188 cm³/mol. The van der Waals surface area contributed by atoms with Crippen molar-refractivity contribution in [2.24, 2.45) is 0 Å². The first-order valence-corrected chi connectivity index (χ1v) is 18.7. The quantitative estimate of drug-likeness (QED) is 0.0516. The molecule has 2 atom stereocenters. The van der Waals surface area contributed by atoms with Crippen molar-refractivity contribution in [2.75, 3.05) is 6.61 Å². The van der Waals surface area contributed by atoms with E-state index in [1.54, 1.807) is 6.08 Å². The number of carbonyl (C=O) groups excluding carboxylic acids is 1. The zero-order valence-corrected chi connectivity index (χ0v) is 28.7. The van der Waals surface area contributed by atoms with Crippen LogP contribution in [0, 0.1) is 0 Å². The number of nitrogens with one attached hydrogen (secondary N) is 1. The first-order chi connectivity index (χ1) is 21.2. The fourth-order valence-electron chi connectivity index (χ4n) is 5.45. The number of allylic oxidation sites excluding steroid dienone is 5. The molecule has 0 fully saturated rings. The van der Waals surface area contributed by atoms with E-state index in [9.17, 15) is 15.0 Å². The topological polar surface area (TPSA) is 69.6 Å². The predicted octanol–water partition coefficient (Wildman–Crippen LogP) is 11.1. The zero-order chi connectivity index (χ0) is 31.5. The van der Waals surface area contributed by atoms with Gasteiger partial charge in [-0.05, 0) is 38.5 Å². The Morgan fingerprint density at radius 1 is 0.535 bits per heavy atom. The van der Waals surface area contributed by atoms with E-state index in [1.807, 2.05) is 6.08 Å². The first-order valence-electron chi connectivity index (χ1n) is 18.7. The van der Waals surface area contributed by atoms with Gasteiger partial charge in [0.2, 0.25) is 5.91 Å². The molecule has 2 unspecified atom stereocenters. The Kier molecular flexibility index (Phi) is 34.0. The van der Waals surface area contributed by atoms with Gasteiger partial charge in [-0.2, -0.15) is 0 Å². The first kappa shape index (κ1) is 41.6. The Morgan fingerprint density at radius 2 is 0.907 bits per heavy atom. The highest BCUT2D eigenvalue weighted by atomic mass is 16.3. The standard InChI is InChI=1S/C39H73NO3/c1-3-5-7-9-11-13-15-16-17-18-19-20-21-22-23-25-27-29-31-33-35-39(43)40-37(36-41)38(42)34-32-30-28-26-24-14-12-10-8-6-4-2/h8,10,24,26,32,34,37-38,41-42H,3-7,9,11-23,25,27-31,33,35-36H2,1-2H3,(H,40,43)/b10-8+,26-24+,34-32+. The van der Waals surface area contributed by atoms with E-state index in [0.717, 1.165) is 44.9 Å². The Morgan fingerprint density at radius 3 is 1.30 bits per heavy atom. The van der Waals surface area contributed by atoms with Gasteiger partial charge in [0.25, 0.3) is 0 Å². The molecule has 0 saturated heterocycles. The summed E-state index contributed by atoms with van der Waals surface area (Å²) >= 11 is 0. The molecule has 252 valence electrons. The van der Waals surface area contributed by atoms with Crippen LogP contribution in [0.3, 0.4) is 0 Å². The van der Waals surface area contributed by atoms with Gasteiger partial charge in [-0.3, -0.25) is 4.79 Å². The molecule has 0 bridgehead atoms. The fourth-order valence-corrected chi connectivity index (χ4v) is 5.45. The van der Waals surface area contributed by atoms with Crippen LogP contribution < -0.4 is 5.32 Å². The van der Waals surface area contributed by atoms with E-state index < -0.39 is 12.1 Å². The molecule has 0 heterocycles. The molecule has 0 aromatic rings. The number of aliphatic hydroxyl groups excluding tert-OH is 2. The van der Waals surface area contributed by atoms with E-state index in [4.69, 9.17) is 0 Å². The van der Waals surface area contributed by atoms with Crippen molar-refractivity contribution in [3.63, 3.8) is 0 Å². The Labute approximate surface area is 268 Å². The zero-order valence-electron chi connectivity index (χ0n) is 28.7. The van der Waals surface area contributed by atoms with Crippen LogP contribution in [0.1, 0.15) is 187 Å². The van der Waals surface area contributed by atoms with Crippen LogP contribution in [0.5, 0.6) is 0 Å². The summed E-state index contributed by atoms with van der Waals surface area (Å²) in [5.41, 5.74) is 0. The van der Waals surface area contributed by atoms with E-state index >= 15 is 0 Å². The third-order valence-corrected chi connectivity index (χ3v) is 8.33. The maximum absolute atomic E-state index is 12.3. The number of hydrogen-bond donors (Lipinski definition) is 3. The molecular weight excluding hydrogens is 530 g/mol. The van der Waals surface area contributed by atoms with E-state index in [-0.39, 0.29) is 12.5 Å². The summed E-state index contributed by atoms with van der Waals surface area (Å²) in [5.74, 6) is -0.0789. The largest absolute Gasteiger partial charge is 0.394 e. The minimum absolute atomic E-state index is 0.0789. The fraction of sp³-hybridized carbons (Fsp3) is 0.821. The Hall–Kier alpha value is -1.39. The highest BCUT2D eigenvalue weighted by Gasteiger charge is 2.17. The molecule has 3 N–H and O–H groups in total. The molecule has 4 heteroatoms. The van der Waals surface area contributed by atoms with Gasteiger partial charge < -0.3 is 15.5 Å². The number of rotatable bonds is 33. The molecule has 0 rings (SSSR count). The van der Waals surface area contributed by atoms with Crippen LogP contribution in [0.4, 0.5) is 0 Å². The molecule has 0 aliphatic heterocycles. The Balaban J connectivity index is 3.58. The van der Waals surface area contributed by atoms with Crippen molar-refractivity contribution in [1.29, 1.82) is 0 Å². The maximum atomic E-state index is 12.3. The lowest BCUT2D eigenvalue weighted by Crippen LogP contribution is -2.45. The number of amides is 1. The van der Waals surface area contributed by atoms with Crippen LogP contribution in [0.2, 0.25) is 0 Å². The second-order valence-electron chi connectivity index (χ2n) is 12.6. The van der Waals surface area contributed by atoms with Crippen molar-refractivity contribution in [3.05, 3.63) is 36.5 Å². The molecule has 43 heavy (non-hydrogen) atoms. The number of carbonyl (C=O) groups is 1. The minimum atomic E-state index is -0.864. The summed E-state index contributed by atoms with van der Waals surface area (Å²) in [6.07, 6.45) is 45.2. The van der Waals surface area contributed by atoms with Gasteiger partial charge in [0.1, 0.15) is 0 Å². The average Bonchev–Trinajstić information content (AvgIpc) is 3.01. The second-order valence-corrected chi connectivity index (χ2v) is 12.6. The lowest BCUT2D eigenvalue weighted by Gasteiger charge is -2.19. The molecule has 0 aromatic heterocycles. The number of aliphatic hydroxyl groups is 2. The van der Waals surface area contributed by atoms with Gasteiger partial charge in [-0.1, -0.05) is 179 Å². The maximum Gasteiger partial charge on any atom is 0.220 e. The lowest BCUT2D eigenvalue weighted by atomic mass is 10.0. The van der Waals surface area contributed by atoms with Gasteiger partial charge in [-0.15, -0.1) is 0 Å². The normalized spacial score (nSPS) is 13.5. The molecule has 0 spiro atoms. The molecular formula is C39H73NO3. The summed E-state index contributed by atoms with van der Waals surface area (Å²) in [5, 5.41) is 22.8. The summed E-state index contributed by atoms with van der Waals surface area (Å²) in [6, 6.07) is -0.640. The second kappa shape index (κ2) is 35.1. The van der Waals surface area contributed by atoms with Gasteiger partial charge in [0.15, 0.2) is 0 Å². The van der Waals surface area contributed by atoms with Gasteiger partial charge in [0.05, 0.1) is 18.8 Å². The molecule has 0 radical (unpaired) electrons. The number of unbranched alkanes of at least 4 members (excludes halogenated alkanes) is 22. The van der Waals surface area contributed by atoms with Crippen LogP contribution in [0.25, 0.3) is 0 Å². The minimum Gasteiger partial charge on any atom is -0.394 e. The summed E-state index contributed by atoms with van der Waals surface area (Å²) in [4.78, 5) is 12.3. The van der Waals surface area contributed by atoms with Gasteiger partial charge in [0, 0.05) is 6.42 Å². The Bertz CT molecular complexity index is 657. The van der Waals surface area contributed by atoms with E-state index in [2.05, 4.69) is 43.5 Å². The molecule has 0 saturated carbocycles. The SMILES string of the molecule is CCC/C=C/CC/C=C/CC/C=C/C(O)C(CO)NC(=O)CCCCCCCCCCCCCCCCCCCCCC. The lowest BCUT2D eigenvalue weighted by molar-refractivity contribution is -0.123. The molecule has 1 amide bonds. The van der Waals surface area contributed by atoms with Gasteiger partial charge in [-0.25, -0.2) is 0 Å². The van der Waals surface area contributed by atoms with E-state index in [1.165, 1.54) is 122 Å². The molecule has 4 nitrogen and oxygen atoms in total. The van der Waals surface area contributed by atoms with Crippen molar-refractivity contribution in [2.45, 2.75) is 199 Å². The van der Waals surface area contributed by atoms with E-state index in [0.29, 0.717) is 6.42 Å². The smallest absolute Gasteiger partial charge is 0.220 e. The molecule has 0 aromatic carbocycles. The number of hydrogen-bond acceptors (Lipinski definition) is 3. The molecule has 0 aliphatic rings. The summed E-state index contributed by atoms with van der Waals surface area (Å²) in [7, 11) is 0. The third-order valence-electron chi connectivity index (χ3n) is 8.33. The highest BCUT2D eigenvalue weighted by molar-refractivity contribution is 5.76. The van der Waals surface area contributed by atoms with Crippen LogP contribution >= 0.6 is 0 Å². The average molecular weight is 604 g/mol. The monoisotopic (exact) mass is 604 g/mol. The van der Waals surface area contributed by atoms with Crippen molar-refractivity contribution >= 4 is 5.91 Å². The molecule has 0 aliphatic carbocycles. The van der Waals surface area contributed by atoms with Crippen LogP contribution in [-0.2, 0) is 4.79 Å². The summed E-state index contributed by atoms with van der Waals surface area (Å²) < 4.78 is 0. The van der Waals surface area contributed by atoms with Crippen molar-refractivity contribution < 1.29 is 15.0 Å². The third kappa shape index (κ3) is 31.8.